The molecule has 0 radical (unpaired) electrons. The average Bonchev–Trinajstić information content (AvgIpc) is 3.08. The zero-order valence-corrected chi connectivity index (χ0v) is 18.5. The molecule has 0 aromatic carbocycles. The third kappa shape index (κ3) is 5.31. The van der Waals surface area contributed by atoms with Gasteiger partial charge < -0.3 is 35.1 Å². The number of ether oxygens (including phenoxy) is 1. The second-order valence-electron chi connectivity index (χ2n) is 7.22. The molecular formula is C14H22N5O11P2+. The van der Waals surface area contributed by atoms with E-state index in [4.69, 9.17) is 20.3 Å². The Morgan fingerprint density at radius 1 is 1.41 bits per heavy atom. The maximum atomic E-state index is 12.2. The van der Waals surface area contributed by atoms with Crippen LogP contribution in [0.15, 0.2) is 11.1 Å². The van der Waals surface area contributed by atoms with E-state index in [9.17, 15) is 28.7 Å². The largest absolute Gasteiger partial charge is 0.481 e. The number of aliphatic hydroxyl groups is 1. The van der Waals surface area contributed by atoms with E-state index in [0.29, 0.717) is 0 Å². The average molecular weight is 498 g/mol. The Bertz CT molecular complexity index is 1190. The van der Waals surface area contributed by atoms with Crippen molar-refractivity contribution in [2.75, 3.05) is 12.3 Å². The minimum absolute atomic E-state index is 0.0682. The number of hydrogen-bond acceptors (Lipinski definition) is 10. The third-order valence-electron chi connectivity index (χ3n) is 4.72. The summed E-state index contributed by atoms with van der Waals surface area (Å²) in [7, 11) is -8.97. The lowest BCUT2D eigenvalue weighted by Gasteiger charge is -2.19. The van der Waals surface area contributed by atoms with Gasteiger partial charge in [-0.2, -0.15) is 4.31 Å². The van der Waals surface area contributed by atoms with Gasteiger partial charge in [-0.1, -0.05) is 4.98 Å². The Morgan fingerprint density at radius 3 is 2.66 bits per heavy atom. The number of aromatic amines is 1. The van der Waals surface area contributed by atoms with E-state index in [0.717, 1.165) is 0 Å². The van der Waals surface area contributed by atoms with Crippen LogP contribution in [0.2, 0.25) is 0 Å². The summed E-state index contributed by atoms with van der Waals surface area (Å²) in [5, 5.41) is 10.8. The van der Waals surface area contributed by atoms with Crippen LogP contribution in [0.1, 0.15) is 19.6 Å². The first-order valence-electron chi connectivity index (χ1n) is 9.01. The lowest BCUT2D eigenvalue weighted by Crippen LogP contribution is -2.45. The molecule has 1 aliphatic rings. The number of carbonyl (C=O) groups excluding carboxylic acids is 1. The van der Waals surface area contributed by atoms with Gasteiger partial charge in [-0.05, 0) is 6.92 Å². The number of nitrogen functional groups attached to an aromatic ring is 1. The molecule has 3 rings (SSSR count). The number of fused-ring (bicyclic) bond motifs is 1. The van der Waals surface area contributed by atoms with E-state index in [-0.39, 0.29) is 29.3 Å². The van der Waals surface area contributed by atoms with Gasteiger partial charge in [0, 0.05) is 12.3 Å². The number of ketones is 1. The predicted molar refractivity (Wildman–Crippen MR) is 104 cm³/mol. The number of nitrogens with zero attached hydrogens (tertiary/aromatic N) is 3. The number of hydrogen-bond donors (Lipinski definition) is 6. The number of Topliss-reactive ketones (excluding diaryl/α,β-unsaturated/α-hetero) is 1. The fourth-order valence-electron chi connectivity index (χ4n) is 3.55. The van der Waals surface area contributed by atoms with Gasteiger partial charge in [-0.15, -0.1) is 0 Å². The van der Waals surface area contributed by atoms with Crippen LogP contribution < -0.4 is 15.9 Å². The maximum absolute atomic E-state index is 12.2. The maximum Gasteiger partial charge on any atom is 0.481 e. The Balaban J connectivity index is 1.92. The molecule has 18 heteroatoms. The topological polar surface area (TPSA) is 240 Å². The van der Waals surface area contributed by atoms with Crippen LogP contribution in [-0.2, 0) is 34.5 Å². The first-order valence-corrected chi connectivity index (χ1v) is 12.0. The molecule has 1 unspecified atom stereocenters. The van der Waals surface area contributed by atoms with Gasteiger partial charge in [0.1, 0.15) is 11.9 Å². The van der Waals surface area contributed by atoms with Gasteiger partial charge in [0.15, 0.2) is 6.33 Å². The van der Waals surface area contributed by atoms with Crippen molar-refractivity contribution >= 4 is 38.5 Å². The summed E-state index contributed by atoms with van der Waals surface area (Å²) in [6.07, 6.45) is -2.52. The van der Waals surface area contributed by atoms with Gasteiger partial charge in [0.05, 0.1) is 19.8 Å². The minimum Gasteiger partial charge on any atom is -0.386 e. The number of phosphoric ester groups is 1. The highest BCUT2D eigenvalue weighted by Gasteiger charge is 2.49. The van der Waals surface area contributed by atoms with E-state index in [1.807, 2.05) is 0 Å². The van der Waals surface area contributed by atoms with Crippen LogP contribution in [0, 0.1) is 5.92 Å². The lowest BCUT2D eigenvalue weighted by molar-refractivity contribution is -0.745. The number of phosphoric acid groups is 2. The number of aryl methyl sites for hydroxylation is 1. The van der Waals surface area contributed by atoms with Crippen LogP contribution in [0.4, 0.5) is 5.95 Å². The fourth-order valence-corrected chi connectivity index (χ4v) is 5.15. The molecule has 32 heavy (non-hydrogen) atoms. The van der Waals surface area contributed by atoms with Crippen LogP contribution in [-0.4, -0.2) is 58.9 Å². The van der Waals surface area contributed by atoms with Crippen molar-refractivity contribution in [1.29, 1.82) is 0 Å². The smallest absolute Gasteiger partial charge is 0.386 e. The Hall–Kier alpha value is -2.00. The molecule has 5 atom stereocenters. The number of carbonyl (C=O) groups is 1. The van der Waals surface area contributed by atoms with Crippen LogP contribution >= 0.6 is 15.6 Å². The molecule has 1 aliphatic heterocycles. The van der Waals surface area contributed by atoms with E-state index in [1.165, 1.54) is 22.4 Å². The van der Waals surface area contributed by atoms with E-state index < -0.39 is 52.2 Å². The summed E-state index contributed by atoms with van der Waals surface area (Å²) >= 11 is 0. The number of nitrogens with one attached hydrogen (secondary N) is 1. The Labute approximate surface area is 179 Å². The number of anilines is 1. The van der Waals surface area contributed by atoms with Crippen molar-refractivity contribution in [3.8, 4) is 0 Å². The first kappa shape index (κ1) is 24.6. The highest BCUT2D eigenvalue weighted by molar-refractivity contribution is 7.60. The molecule has 3 heterocycles. The van der Waals surface area contributed by atoms with Crippen molar-refractivity contribution < 1.29 is 51.8 Å². The van der Waals surface area contributed by atoms with E-state index >= 15 is 0 Å². The number of aliphatic hydroxyl groups excluding tert-OH is 1. The molecule has 0 aliphatic carbocycles. The SMILES string of the molecule is CC(=O)C[C@H]1[C@@H](O)[C@H]([n+]2cn(C)c3c(=O)[nH]c(N)nc32)O[C@@H]1COP(=O)(O)OP(=O)(O)O. The van der Waals surface area contributed by atoms with Crippen LogP contribution in [0.3, 0.4) is 0 Å². The molecule has 178 valence electrons. The van der Waals surface area contributed by atoms with Gasteiger partial charge in [-0.3, -0.25) is 18.9 Å². The summed E-state index contributed by atoms with van der Waals surface area (Å²) in [5.41, 5.74) is 5.25. The fraction of sp³-hybridized carbons (Fsp3) is 0.571. The monoisotopic (exact) mass is 498 g/mol. The summed E-state index contributed by atoms with van der Waals surface area (Å²) in [6, 6.07) is 0. The molecular weight excluding hydrogens is 476 g/mol. The van der Waals surface area contributed by atoms with Crippen molar-refractivity contribution in [3.05, 3.63) is 16.7 Å². The number of aromatic nitrogens is 4. The minimum atomic E-state index is -5.33. The normalized spacial score (nSPS) is 25.8. The zero-order chi connectivity index (χ0) is 24.0. The van der Waals surface area contributed by atoms with Gasteiger partial charge in [0.2, 0.25) is 11.7 Å². The molecule has 2 aromatic rings. The molecule has 0 saturated carbocycles. The quantitative estimate of drug-likeness (QED) is 0.174. The highest BCUT2D eigenvalue weighted by atomic mass is 31.3. The second-order valence-corrected chi connectivity index (χ2v) is 10.0. The summed E-state index contributed by atoms with van der Waals surface area (Å²) in [5.74, 6) is -1.45. The predicted octanol–water partition coefficient (Wildman–Crippen LogP) is -1.79. The summed E-state index contributed by atoms with van der Waals surface area (Å²) in [6.45, 7) is 0.513. The van der Waals surface area contributed by atoms with E-state index in [1.54, 1.807) is 7.05 Å². The molecule has 2 aromatic heterocycles. The number of H-pyrrole nitrogens is 1. The van der Waals surface area contributed by atoms with Crippen LogP contribution in [0.5, 0.6) is 0 Å². The molecule has 0 amide bonds. The number of rotatable bonds is 8. The van der Waals surface area contributed by atoms with Crippen molar-refractivity contribution in [3.63, 3.8) is 0 Å². The van der Waals surface area contributed by atoms with Gasteiger partial charge in [0.25, 0.3) is 11.5 Å². The van der Waals surface area contributed by atoms with Crippen molar-refractivity contribution in [1.82, 2.24) is 14.5 Å². The molecule has 1 fully saturated rings. The Kier molecular flexibility index (Phi) is 6.73. The Morgan fingerprint density at radius 2 is 2.06 bits per heavy atom. The second kappa shape index (κ2) is 8.74. The first-order chi connectivity index (χ1) is 14.7. The van der Waals surface area contributed by atoms with Crippen molar-refractivity contribution in [2.45, 2.75) is 31.8 Å². The summed E-state index contributed by atoms with van der Waals surface area (Å²) in [4.78, 5) is 57.2. The zero-order valence-electron chi connectivity index (χ0n) is 16.8. The number of imidazole rings is 1. The standard InChI is InChI=1S/C14H21N5O11P2/c1-6(20)3-7-8(4-28-32(26,27)30-31(23,24)25)29-13(10(7)21)19-5-18(2)9-11(19)16-14(15)17-12(9)22/h5,7-8,10,13,21H,3-4H2,1-2H3,(H5-,15,16,17,22,23,24,25,26,27)/p+1/t7-,8-,10-,13-/m1/s1. The third-order valence-corrected chi connectivity index (χ3v) is 6.87. The van der Waals surface area contributed by atoms with Gasteiger partial charge >= 0.3 is 21.3 Å². The molecule has 7 N–H and O–H groups in total. The van der Waals surface area contributed by atoms with E-state index in [2.05, 4.69) is 18.8 Å². The molecule has 16 nitrogen and oxygen atoms in total. The molecule has 1 saturated heterocycles. The number of nitrogens with two attached hydrogens (primary N) is 1. The lowest BCUT2D eigenvalue weighted by atomic mass is 9.93. The summed E-state index contributed by atoms with van der Waals surface area (Å²) < 4.78 is 39.4. The van der Waals surface area contributed by atoms with Gasteiger partial charge in [-0.25, -0.2) is 13.7 Å². The molecule has 0 spiro atoms. The highest BCUT2D eigenvalue weighted by Crippen LogP contribution is 2.57. The molecule has 0 bridgehead atoms. The van der Waals surface area contributed by atoms with Crippen molar-refractivity contribution in [2.24, 2.45) is 13.0 Å². The van der Waals surface area contributed by atoms with Crippen LogP contribution in [0.25, 0.3) is 11.2 Å².